The molecular formula is C25H22N4O5. The number of hydrogen-bond acceptors (Lipinski definition) is 7. The van der Waals surface area contributed by atoms with E-state index >= 15 is 0 Å². The molecule has 0 saturated heterocycles. The van der Waals surface area contributed by atoms with Crippen molar-refractivity contribution in [3.63, 3.8) is 0 Å². The SMILES string of the molecule is CC(C)(C)c1ccc(C(=O)Nc2cn3nc(-c4ccc5c(c4)OCO5)ccc3n2)c(OC=O)c1. The molecule has 0 aliphatic carbocycles. The third-order valence-electron chi connectivity index (χ3n) is 5.50. The smallest absolute Gasteiger partial charge is 0.298 e. The second kappa shape index (κ2) is 8.18. The van der Waals surface area contributed by atoms with Crippen LogP contribution >= 0.6 is 0 Å². The molecule has 1 N–H and O–H groups in total. The van der Waals surface area contributed by atoms with Crippen molar-refractivity contribution in [2.45, 2.75) is 26.2 Å². The molecule has 3 heterocycles. The Hall–Kier alpha value is -4.40. The monoisotopic (exact) mass is 458 g/mol. The van der Waals surface area contributed by atoms with Gasteiger partial charge in [0.1, 0.15) is 5.75 Å². The number of aromatic nitrogens is 3. The fraction of sp³-hybridized carbons (Fsp3) is 0.200. The van der Waals surface area contributed by atoms with Gasteiger partial charge in [0.2, 0.25) is 6.79 Å². The summed E-state index contributed by atoms with van der Waals surface area (Å²) in [5, 5.41) is 7.35. The maximum Gasteiger partial charge on any atom is 0.298 e. The van der Waals surface area contributed by atoms with Crippen LogP contribution in [0.15, 0.2) is 54.7 Å². The third kappa shape index (κ3) is 4.03. The van der Waals surface area contributed by atoms with Crippen LogP contribution in [0, 0.1) is 0 Å². The minimum atomic E-state index is -0.447. The van der Waals surface area contributed by atoms with E-state index in [1.807, 2.05) is 57.2 Å². The molecule has 172 valence electrons. The third-order valence-corrected chi connectivity index (χ3v) is 5.50. The number of fused-ring (bicyclic) bond motifs is 2. The van der Waals surface area contributed by atoms with E-state index in [0.717, 1.165) is 11.1 Å². The topological polar surface area (TPSA) is 104 Å². The fourth-order valence-electron chi connectivity index (χ4n) is 3.66. The van der Waals surface area contributed by atoms with Gasteiger partial charge in [-0.25, -0.2) is 9.50 Å². The molecule has 1 aliphatic heterocycles. The van der Waals surface area contributed by atoms with E-state index in [4.69, 9.17) is 14.2 Å². The van der Waals surface area contributed by atoms with E-state index in [1.54, 1.807) is 22.8 Å². The Morgan fingerprint density at radius 2 is 1.91 bits per heavy atom. The summed E-state index contributed by atoms with van der Waals surface area (Å²) in [7, 11) is 0. The normalized spacial score (nSPS) is 12.6. The molecule has 1 amide bonds. The van der Waals surface area contributed by atoms with Crippen LogP contribution in [0.4, 0.5) is 5.82 Å². The van der Waals surface area contributed by atoms with Gasteiger partial charge in [0.15, 0.2) is 23.0 Å². The fourth-order valence-corrected chi connectivity index (χ4v) is 3.66. The molecule has 0 radical (unpaired) electrons. The number of amides is 1. The first-order chi connectivity index (χ1) is 16.3. The van der Waals surface area contributed by atoms with E-state index in [9.17, 15) is 9.59 Å². The number of benzene rings is 2. The Morgan fingerprint density at radius 1 is 1.09 bits per heavy atom. The maximum atomic E-state index is 12.9. The molecule has 9 heteroatoms. The first-order valence-corrected chi connectivity index (χ1v) is 10.6. The van der Waals surface area contributed by atoms with E-state index in [1.165, 1.54) is 0 Å². The molecule has 34 heavy (non-hydrogen) atoms. The molecule has 5 rings (SSSR count). The Balaban J connectivity index is 1.41. The van der Waals surface area contributed by atoms with Crippen LogP contribution in [0.3, 0.4) is 0 Å². The van der Waals surface area contributed by atoms with Crippen molar-refractivity contribution in [2.24, 2.45) is 0 Å². The minimum absolute atomic E-state index is 0.168. The number of rotatable bonds is 5. The van der Waals surface area contributed by atoms with E-state index < -0.39 is 5.91 Å². The molecule has 4 aromatic rings. The summed E-state index contributed by atoms with van der Waals surface area (Å²) < 4.78 is 17.5. The first kappa shape index (κ1) is 21.4. The number of anilines is 1. The van der Waals surface area contributed by atoms with Gasteiger partial charge in [-0.15, -0.1) is 0 Å². The first-order valence-electron chi connectivity index (χ1n) is 10.6. The standard InChI is InChI=1S/C25H22N4O5/c1-25(2,3)16-5-6-17(20(11-16)32-13-30)24(31)27-22-12-29-23(26-22)9-7-18(28-29)15-4-8-19-21(10-15)34-14-33-19/h4-13H,14H2,1-3H3,(H,27,31). The van der Waals surface area contributed by atoms with Crippen LogP contribution < -0.4 is 19.5 Å². The van der Waals surface area contributed by atoms with Gasteiger partial charge in [0.05, 0.1) is 17.5 Å². The second-order valence-corrected chi connectivity index (χ2v) is 8.84. The lowest BCUT2D eigenvalue weighted by Crippen LogP contribution is -2.16. The number of hydrogen-bond donors (Lipinski definition) is 1. The average molecular weight is 458 g/mol. The molecule has 0 spiro atoms. The highest BCUT2D eigenvalue weighted by molar-refractivity contribution is 6.06. The molecule has 0 fully saturated rings. The second-order valence-electron chi connectivity index (χ2n) is 8.84. The van der Waals surface area contributed by atoms with Crippen molar-refractivity contribution < 1.29 is 23.8 Å². The maximum absolute atomic E-state index is 12.9. The molecular weight excluding hydrogens is 436 g/mol. The molecule has 0 saturated carbocycles. The average Bonchev–Trinajstić information content (AvgIpc) is 3.43. The molecule has 0 bridgehead atoms. The van der Waals surface area contributed by atoms with Crippen LogP contribution in [-0.2, 0) is 10.2 Å². The van der Waals surface area contributed by atoms with Gasteiger partial charge in [-0.2, -0.15) is 5.10 Å². The number of nitrogens with zero attached hydrogens (tertiary/aromatic N) is 3. The van der Waals surface area contributed by atoms with Crippen LogP contribution in [-0.4, -0.2) is 33.8 Å². The van der Waals surface area contributed by atoms with Crippen molar-refractivity contribution in [3.05, 3.63) is 65.9 Å². The lowest BCUT2D eigenvalue weighted by Gasteiger charge is -2.20. The Bertz CT molecular complexity index is 1420. The van der Waals surface area contributed by atoms with Crippen molar-refractivity contribution in [2.75, 3.05) is 12.1 Å². The van der Waals surface area contributed by atoms with Crippen LogP contribution in [0.5, 0.6) is 17.2 Å². The van der Waals surface area contributed by atoms with Crippen molar-refractivity contribution >= 4 is 23.8 Å². The summed E-state index contributed by atoms with van der Waals surface area (Å²) in [6.07, 6.45) is 1.62. The highest BCUT2D eigenvalue weighted by Crippen LogP contribution is 2.35. The van der Waals surface area contributed by atoms with Gasteiger partial charge in [-0.1, -0.05) is 26.8 Å². The summed E-state index contributed by atoms with van der Waals surface area (Å²) >= 11 is 0. The lowest BCUT2D eigenvalue weighted by atomic mass is 9.86. The summed E-state index contributed by atoms with van der Waals surface area (Å²) in [5.41, 5.74) is 3.13. The van der Waals surface area contributed by atoms with Gasteiger partial charge in [-0.3, -0.25) is 9.59 Å². The number of nitrogens with one attached hydrogen (secondary N) is 1. The zero-order valence-corrected chi connectivity index (χ0v) is 18.9. The van der Waals surface area contributed by atoms with Crippen LogP contribution in [0.1, 0.15) is 36.7 Å². The van der Waals surface area contributed by atoms with Gasteiger partial charge in [-0.05, 0) is 53.4 Å². The molecule has 9 nitrogen and oxygen atoms in total. The Kier molecular flexibility index (Phi) is 5.16. The number of carbonyl (C=O) groups is 2. The molecule has 1 aliphatic rings. The van der Waals surface area contributed by atoms with Crippen molar-refractivity contribution in [1.82, 2.24) is 14.6 Å². The zero-order chi connectivity index (χ0) is 23.9. The highest BCUT2D eigenvalue weighted by Gasteiger charge is 2.20. The van der Waals surface area contributed by atoms with Gasteiger partial charge >= 0.3 is 0 Å². The molecule has 0 atom stereocenters. The Morgan fingerprint density at radius 3 is 2.71 bits per heavy atom. The van der Waals surface area contributed by atoms with E-state index in [0.29, 0.717) is 35.1 Å². The summed E-state index contributed by atoms with van der Waals surface area (Å²) in [6.45, 7) is 6.62. The zero-order valence-electron chi connectivity index (χ0n) is 18.9. The van der Waals surface area contributed by atoms with Crippen molar-refractivity contribution in [3.8, 4) is 28.5 Å². The van der Waals surface area contributed by atoms with Crippen LogP contribution in [0.2, 0.25) is 0 Å². The van der Waals surface area contributed by atoms with Gasteiger partial charge in [0.25, 0.3) is 12.4 Å². The molecule has 2 aromatic heterocycles. The Labute approximate surface area is 195 Å². The number of imidazole rings is 1. The summed E-state index contributed by atoms with van der Waals surface area (Å²) in [4.78, 5) is 28.4. The summed E-state index contributed by atoms with van der Waals surface area (Å²) in [6, 6.07) is 14.4. The minimum Gasteiger partial charge on any atom is -0.454 e. The number of ether oxygens (including phenoxy) is 3. The predicted octanol–water partition coefficient (Wildman–Crippen LogP) is 4.21. The van der Waals surface area contributed by atoms with Gasteiger partial charge in [0, 0.05) is 5.56 Å². The number of carbonyl (C=O) groups excluding carboxylic acids is 2. The van der Waals surface area contributed by atoms with E-state index in [-0.39, 0.29) is 23.5 Å². The van der Waals surface area contributed by atoms with Crippen molar-refractivity contribution in [1.29, 1.82) is 0 Å². The van der Waals surface area contributed by atoms with Gasteiger partial charge < -0.3 is 19.5 Å². The molecule has 2 aromatic carbocycles. The lowest BCUT2D eigenvalue weighted by molar-refractivity contribution is -0.120. The summed E-state index contributed by atoms with van der Waals surface area (Å²) in [5.74, 6) is 1.43. The van der Waals surface area contributed by atoms with E-state index in [2.05, 4.69) is 15.4 Å². The molecule has 0 unspecified atom stereocenters. The largest absolute Gasteiger partial charge is 0.454 e. The quantitative estimate of drug-likeness (QED) is 0.447. The highest BCUT2D eigenvalue weighted by atomic mass is 16.7. The van der Waals surface area contributed by atoms with Crippen LogP contribution in [0.25, 0.3) is 16.9 Å². The predicted molar refractivity (Wildman–Crippen MR) is 124 cm³/mol.